The van der Waals surface area contributed by atoms with Crippen molar-refractivity contribution in [3.63, 3.8) is 0 Å². The number of ketones is 1. The lowest BCUT2D eigenvalue weighted by Gasteiger charge is -2.05. The minimum atomic E-state index is -0.888. The molecule has 0 saturated heterocycles. The van der Waals surface area contributed by atoms with E-state index in [0.29, 0.717) is 15.7 Å². The molecule has 1 aromatic carbocycles. The monoisotopic (exact) mass is 406 g/mol. The van der Waals surface area contributed by atoms with Gasteiger partial charge in [-0.05, 0) is 0 Å². The van der Waals surface area contributed by atoms with Crippen molar-refractivity contribution >= 4 is 39.9 Å². The molecule has 9 heteroatoms. The Balaban J connectivity index is 1.50. The molecule has 0 amide bonds. The van der Waals surface area contributed by atoms with Gasteiger partial charge in [0.05, 0.1) is 29.1 Å². The number of hydrogen-bond acceptors (Lipinski definition) is 8. The lowest BCUT2D eigenvalue weighted by Crippen LogP contribution is -2.13. The molecule has 1 unspecified atom stereocenters. The van der Waals surface area contributed by atoms with Gasteiger partial charge in [0.15, 0.2) is 17.3 Å². The van der Waals surface area contributed by atoms with E-state index in [-0.39, 0.29) is 11.5 Å². The molecule has 7 nitrogen and oxygen atoms in total. The van der Waals surface area contributed by atoms with E-state index >= 15 is 0 Å². The van der Waals surface area contributed by atoms with E-state index in [1.165, 1.54) is 29.4 Å². The molecule has 0 spiro atoms. The number of hydrogen-bond donors (Lipinski definition) is 0. The van der Waals surface area contributed by atoms with E-state index in [9.17, 15) is 10.1 Å². The number of fused-ring (bicyclic) bond motifs is 1. The molecule has 0 aliphatic rings. The highest BCUT2D eigenvalue weighted by molar-refractivity contribution is 8.00. The predicted molar refractivity (Wildman–Crippen MR) is 108 cm³/mol. The van der Waals surface area contributed by atoms with Crippen LogP contribution in [0.3, 0.4) is 0 Å². The maximum atomic E-state index is 12.7. The number of aryl methyl sites for hydroxylation is 1. The summed E-state index contributed by atoms with van der Waals surface area (Å²) in [6.07, 6.45) is 3.13. The molecule has 3 heterocycles. The first-order valence-electron chi connectivity index (χ1n) is 8.36. The Morgan fingerprint density at radius 3 is 2.93 bits per heavy atom. The molecule has 1 atom stereocenters. The third kappa shape index (κ3) is 3.52. The quantitative estimate of drug-likeness (QED) is 0.357. The Morgan fingerprint density at radius 2 is 2.14 bits per heavy atom. The van der Waals surface area contributed by atoms with Crippen molar-refractivity contribution in [1.82, 2.24) is 24.7 Å². The molecular formula is C19H14N6OS2. The molecule has 3 aromatic heterocycles. The van der Waals surface area contributed by atoms with Crippen LogP contribution >= 0.6 is 23.1 Å². The second-order valence-corrected chi connectivity index (χ2v) is 7.79. The summed E-state index contributed by atoms with van der Waals surface area (Å²) in [5.41, 5.74) is 2.44. The van der Waals surface area contributed by atoms with Crippen molar-refractivity contribution in [2.24, 2.45) is 7.05 Å². The minimum absolute atomic E-state index is 0.124. The number of nitriles is 1. The largest absolute Gasteiger partial charge is 0.297 e. The summed E-state index contributed by atoms with van der Waals surface area (Å²) in [5, 5.41) is 17.6. The Hall–Kier alpha value is -3.09. The van der Waals surface area contributed by atoms with Crippen LogP contribution in [-0.2, 0) is 11.8 Å². The van der Waals surface area contributed by atoms with E-state index in [4.69, 9.17) is 0 Å². The molecule has 0 bridgehead atoms. The molecule has 0 radical (unpaired) electrons. The fourth-order valence-corrected chi connectivity index (χ4v) is 4.46. The maximum Gasteiger partial charge on any atom is 0.167 e. The fourth-order valence-electron chi connectivity index (χ4n) is 2.71. The molecule has 4 aromatic rings. The second kappa shape index (κ2) is 7.88. The zero-order valence-electron chi connectivity index (χ0n) is 14.8. The summed E-state index contributed by atoms with van der Waals surface area (Å²) < 4.78 is 1.65. The number of thiazole rings is 1. The first-order valence-corrected chi connectivity index (χ1v) is 10.2. The van der Waals surface area contributed by atoms with E-state index in [1.54, 1.807) is 17.9 Å². The normalized spacial score (nSPS) is 12.0. The van der Waals surface area contributed by atoms with Crippen LogP contribution in [0.4, 0.5) is 0 Å². The summed E-state index contributed by atoms with van der Waals surface area (Å²) in [7, 11) is 1.80. The van der Waals surface area contributed by atoms with Gasteiger partial charge in [-0.2, -0.15) is 10.4 Å². The van der Waals surface area contributed by atoms with E-state index in [0.717, 1.165) is 16.6 Å². The van der Waals surface area contributed by atoms with Gasteiger partial charge in [-0.3, -0.25) is 9.48 Å². The Labute approximate surface area is 169 Å². The number of aromatic nitrogens is 5. The van der Waals surface area contributed by atoms with Crippen molar-refractivity contribution in [3.05, 3.63) is 53.2 Å². The zero-order valence-corrected chi connectivity index (χ0v) is 16.4. The van der Waals surface area contributed by atoms with Gasteiger partial charge in [0.2, 0.25) is 0 Å². The average molecular weight is 406 g/mol. The molecule has 0 aliphatic heterocycles. The van der Waals surface area contributed by atoms with Crippen LogP contribution in [-0.4, -0.2) is 36.3 Å². The number of rotatable bonds is 6. The lowest BCUT2D eigenvalue weighted by atomic mass is 10.1. The lowest BCUT2D eigenvalue weighted by molar-refractivity contribution is -0.116. The van der Waals surface area contributed by atoms with Crippen LogP contribution in [0.2, 0.25) is 0 Å². The van der Waals surface area contributed by atoms with Crippen LogP contribution in [0, 0.1) is 11.3 Å². The molecule has 28 heavy (non-hydrogen) atoms. The van der Waals surface area contributed by atoms with Crippen LogP contribution in [0.15, 0.2) is 53.3 Å². The standard InChI is InChI=1S/C19H14N6OS2/c1-25-17-14(8-23-25)18(22-11-21-17)28-10-16(26)13(7-20)19-24-15(9-27-19)12-5-3-2-4-6-12/h2-6,8-9,11,13H,10H2,1H3. The van der Waals surface area contributed by atoms with Crippen molar-refractivity contribution < 1.29 is 4.79 Å². The third-order valence-electron chi connectivity index (χ3n) is 4.13. The summed E-state index contributed by atoms with van der Waals surface area (Å²) in [5.74, 6) is -0.960. The van der Waals surface area contributed by atoms with Gasteiger partial charge in [0.1, 0.15) is 16.4 Å². The topological polar surface area (TPSA) is 97.3 Å². The predicted octanol–water partition coefficient (Wildman–Crippen LogP) is 3.46. The number of thioether (sulfide) groups is 1. The number of nitrogens with zero attached hydrogens (tertiary/aromatic N) is 6. The third-order valence-corrected chi connectivity index (χ3v) is 6.07. The number of benzene rings is 1. The van der Waals surface area contributed by atoms with E-state index < -0.39 is 5.92 Å². The number of carbonyl (C=O) groups is 1. The van der Waals surface area contributed by atoms with Crippen LogP contribution in [0.1, 0.15) is 10.9 Å². The summed E-state index contributed by atoms with van der Waals surface area (Å²) >= 11 is 2.61. The van der Waals surface area contributed by atoms with Crippen molar-refractivity contribution in [3.8, 4) is 17.3 Å². The van der Waals surface area contributed by atoms with Gasteiger partial charge in [-0.25, -0.2) is 15.0 Å². The zero-order chi connectivity index (χ0) is 19.5. The van der Waals surface area contributed by atoms with Gasteiger partial charge in [-0.1, -0.05) is 42.1 Å². The molecule has 138 valence electrons. The molecule has 0 fully saturated rings. The van der Waals surface area contributed by atoms with Crippen LogP contribution < -0.4 is 0 Å². The smallest absolute Gasteiger partial charge is 0.167 e. The number of Topliss-reactive ketones (excluding diaryl/α,β-unsaturated/α-hetero) is 1. The first kappa shape index (κ1) is 18.3. The van der Waals surface area contributed by atoms with Crippen LogP contribution in [0.5, 0.6) is 0 Å². The number of carbonyl (C=O) groups excluding carboxylic acids is 1. The van der Waals surface area contributed by atoms with Crippen molar-refractivity contribution in [2.75, 3.05) is 5.75 Å². The summed E-state index contributed by atoms with van der Waals surface area (Å²) in [6.45, 7) is 0. The average Bonchev–Trinajstić information content (AvgIpc) is 3.36. The fraction of sp³-hybridized carbons (Fsp3) is 0.158. The Bertz CT molecular complexity index is 1180. The van der Waals surface area contributed by atoms with Gasteiger partial charge in [0.25, 0.3) is 0 Å². The van der Waals surface area contributed by atoms with Gasteiger partial charge >= 0.3 is 0 Å². The van der Waals surface area contributed by atoms with Crippen molar-refractivity contribution in [2.45, 2.75) is 10.9 Å². The summed E-state index contributed by atoms with van der Waals surface area (Å²) in [4.78, 5) is 25.6. The minimum Gasteiger partial charge on any atom is -0.297 e. The van der Waals surface area contributed by atoms with Crippen LogP contribution in [0.25, 0.3) is 22.3 Å². The molecule has 0 saturated carbocycles. The van der Waals surface area contributed by atoms with Gasteiger partial charge in [-0.15, -0.1) is 11.3 Å². The Morgan fingerprint density at radius 1 is 1.32 bits per heavy atom. The highest BCUT2D eigenvalue weighted by Gasteiger charge is 2.24. The molecule has 4 rings (SSSR count). The van der Waals surface area contributed by atoms with Gasteiger partial charge in [0, 0.05) is 18.0 Å². The van der Waals surface area contributed by atoms with E-state index in [1.807, 2.05) is 35.7 Å². The molecule has 0 N–H and O–H groups in total. The first-order chi connectivity index (χ1) is 13.7. The highest BCUT2D eigenvalue weighted by atomic mass is 32.2. The highest BCUT2D eigenvalue weighted by Crippen LogP contribution is 2.29. The second-order valence-electron chi connectivity index (χ2n) is 5.94. The Kier molecular flexibility index (Phi) is 5.14. The molecular weight excluding hydrogens is 392 g/mol. The maximum absolute atomic E-state index is 12.7. The molecule has 0 aliphatic carbocycles. The van der Waals surface area contributed by atoms with Crippen molar-refractivity contribution in [1.29, 1.82) is 5.26 Å². The SMILES string of the molecule is Cn1ncc2c(SCC(=O)C(C#N)c3nc(-c4ccccc4)cs3)ncnc21. The summed E-state index contributed by atoms with van der Waals surface area (Å²) in [6, 6.07) is 11.8. The van der Waals surface area contributed by atoms with E-state index in [2.05, 4.69) is 26.1 Å². The van der Waals surface area contributed by atoms with Gasteiger partial charge < -0.3 is 0 Å².